The van der Waals surface area contributed by atoms with E-state index in [1.807, 2.05) is 4.90 Å². The lowest BCUT2D eigenvalue weighted by Gasteiger charge is -2.27. The van der Waals surface area contributed by atoms with Crippen LogP contribution in [0.15, 0.2) is 0 Å². The standard InChI is InChI=1S/C13H25N3O.2ClH/c1-2-6-15-7-3-4-12(15)13(17)16-8-5-11(9-14)10-16;;/h11-12H,2-10,14H2,1H3;2*1H. The van der Waals surface area contributed by atoms with Gasteiger partial charge in [-0.3, -0.25) is 9.69 Å². The Balaban J connectivity index is 0.00000162. The van der Waals surface area contributed by atoms with Gasteiger partial charge in [0.15, 0.2) is 0 Å². The first-order valence-electron chi connectivity index (χ1n) is 6.99. The van der Waals surface area contributed by atoms with Crippen LogP contribution in [0.4, 0.5) is 0 Å². The molecule has 0 aromatic rings. The molecule has 0 aromatic carbocycles. The highest BCUT2D eigenvalue weighted by Gasteiger charge is 2.35. The monoisotopic (exact) mass is 311 g/mol. The molecule has 2 N–H and O–H groups in total. The smallest absolute Gasteiger partial charge is 0.239 e. The van der Waals surface area contributed by atoms with Gasteiger partial charge in [-0.1, -0.05) is 6.92 Å². The van der Waals surface area contributed by atoms with E-state index >= 15 is 0 Å². The van der Waals surface area contributed by atoms with Gasteiger partial charge >= 0.3 is 0 Å². The Morgan fingerprint density at radius 1 is 1.26 bits per heavy atom. The first-order valence-corrected chi connectivity index (χ1v) is 6.99. The summed E-state index contributed by atoms with van der Waals surface area (Å²) in [5, 5.41) is 0. The normalized spacial score (nSPS) is 26.9. The lowest BCUT2D eigenvalue weighted by atomic mass is 10.1. The zero-order valence-corrected chi connectivity index (χ0v) is 13.3. The van der Waals surface area contributed by atoms with Gasteiger partial charge in [0.05, 0.1) is 6.04 Å². The van der Waals surface area contributed by atoms with E-state index in [0.717, 1.165) is 45.4 Å². The zero-order valence-electron chi connectivity index (χ0n) is 11.7. The van der Waals surface area contributed by atoms with Gasteiger partial charge < -0.3 is 10.6 Å². The lowest BCUT2D eigenvalue weighted by Crippen LogP contribution is -2.45. The van der Waals surface area contributed by atoms with E-state index in [-0.39, 0.29) is 30.9 Å². The summed E-state index contributed by atoms with van der Waals surface area (Å²) in [4.78, 5) is 16.8. The molecule has 2 aliphatic heterocycles. The van der Waals surface area contributed by atoms with Crippen LogP contribution >= 0.6 is 24.8 Å². The van der Waals surface area contributed by atoms with Crippen molar-refractivity contribution in [2.75, 3.05) is 32.7 Å². The van der Waals surface area contributed by atoms with Crippen molar-refractivity contribution in [3.63, 3.8) is 0 Å². The summed E-state index contributed by atoms with van der Waals surface area (Å²) in [5.41, 5.74) is 5.68. The van der Waals surface area contributed by atoms with E-state index in [2.05, 4.69) is 11.8 Å². The van der Waals surface area contributed by atoms with Gasteiger partial charge in [0.1, 0.15) is 0 Å². The Morgan fingerprint density at radius 3 is 2.58 bits per heavy atom. The number of hydrogen-bond acceptors (Lipinski definition) is 3. The van der Waals surface area contributed by atoms with Crippen LogP contribution in [0.2, 0.25) is 0 Å². The van der Waals surface area contributed by atoms with E-state index in [1.54, 1.807) is 0 Å². The third kappa shape index (κ3) is 4.48. The van der Waals surface area contributed by atoms with Gasteiger partial charge in [0, 0.05) is 13.1 Å². The van der Waals surface area contributed by atoms with Crippen molar-refractivity contribution in [1.29, 1.82) is 0 Å². The molecule has 19 heavy (non-hydrogen) atoms. The van der Waals surface area contributed by atoms with Crippen LogP contribution in [0.1, 0.15) is 32.6 Å². The molecule has 0 saturated carbocycles. The first-order chi connectivity index (χ1) is 8.26. The molecule has 2 heterocycles. The highest BCUT2D eigenvalue weighted by molar-refractivity contribution is 5.85. The minimum atomic E-state index is 0. The number of hydrogen-bond donors (Lipinski definition) is 1. The summed E-state index contributed by atoms with van der Waals surface area (Å²) >= 11 is 0. The molecule has 2 fully saturated rings. The molecule has 0 spiro atoms. The number of halogens is 2. The Bertz CT molecular complexity index is 279. The van der Waals surface area contributed by atoms with Crippen LogP contribution in [0.3, 0.4) is 0 Å². The van der Waals surface area contributed by atoms with Crippen LogP contribution in [0, 0.1) is 5.92 Å². The largest absolute Gasteiger partial charge is 0.341 e. The number of carbonyl (C=O) groups excluding carboxylic acids is 1. The summed E-state index contributed by atoms with van der Waals surface area (Å²) in [6.45, 7) is 6.85. The topological polar surface area (TPSA) is 49.6 Å². The summed E-state index contributed by atoms with van der Waals surface area (Å²) in [7, 11) is 0. The Kier molecular flexibility index (Phi) is 8.99. The SMILES string of the molecule is CCCN1CCCC1C(=O)N1CCC(CN)C1.Cl.Cl. The molecule has 0 aromatic heterocycles. The van der Waals surface area contributed by atoms with E-state index in [9.17, 15) is 4.79 Å². The van der Waals surface area contributed by atoms with E-state index in [4.69, 9.17) is 5.73 Å². The van der Waals surface area contributed by atoms with E-state index in [1.165, 1.54) is 6.42 Å². The summed E-state index contributed by atoms with van der Waals surface area (Å²) in [5.74, 6) is 0.881. The molecule has 2 atom stereocenters. The van der Waals surface area contributed by atoms with Crippen molar-refractivity contribution in [3.8, 4) is 0 Å². The second-order valence-electron chi connectivity index (χ2n) is 5.37. The Morgan fingerprint density at radius 2 is 2.00 bits per heavy atom. The molecular formula is C13H27Cl2N3O. The Labute approximate surface area is 128 Å². The van der Waals surface area contributed by atoms with Crippen molar-refractivity contribution in [2.45, 2.75) is 38.6 Å². The summed E-state index contributed by atoms with van der Waals surface area (Å²) in [6, 6.07) is 0.159. The fourth-order valence-corrected chi connectivity index (χ4v) is 3.10. The van der Waals surface area contributed by atoms with Crippen molar-refractivity contribution < 1.29 is 4.79 Å². The number of rotatable bonds is 4. The molecular weight excluding hydrogens is 285 g/mol. The summed E-state index contributed by atoms with van der Waals surface area (Å²) < 4.78 is 0. The van der Waals surface area contributed by atoms with Crippen molar-refractivity contribution in [1.82, 2.24) is 9.80 Å². The lowest BCUT2D eigenvalue weighted by molar-refractivity contribution is -0.135. The van der Waals surface area contributed by atoms with Crippen LogP contribution < -0.4 is 5.73 Å². The number of likely N-dealkylation sites (tertiary alicyclic amines) is 2. The van der Waals surface area contributed by atoms with Crippen molar-refractivity contribution >= 4 is 30.7 Å². The van der Waals surface area contributed by atoms with Gasteiger partial charge in [-0.05, 0) is 51.2 Å². The van der Waals surface area contributed by atoms with E-state index in [0.29, 0.717) is 18.4 Å². The fourth-order valence-electron chi connectivity index (χ4n) is 3.10. The average Bonchev–Trinajstić information content (AvgIpc) is 2.97. The highest BCUT2D eigenvalue weighted by Crippen LogP contribution is 2.23. The third-order valence-corrected chi connectivity index (χ3v) is 4.09. The molecule has 0 bridgehead atoms. The van der Waals surface area contributed by atoms with E-state index < -0.39 is 0 Å². The minimum absolute atomic E-state index is 0. The second-order valence-corrected chi connectivity index (χ2v) is 5.37. The van der Waals surface area contributed by atoms with Crippen LogP contribution in [-0.4, -0.2) is 54.5 Å². The van der Waals surface area contributed by atoms with Crippen LogP contribution in [0.5, 0.6) is 0 Å². The minimum Gasteiger partial charge on any atom is -0.341 e. The predicted octanol–water partition coefficient (Wildman–Crippen LogP) is 1.51. The number of carbonyl (C=O) groups is 1. The van der Waals surface area contributed by atoms with Gasteiger partial charge in [-0.2, -0.15) is 0 Å². The molecule has 114 valence electrons. The molecule has 0 radical (unpaired) electrons. The molecule has 6 heteroatoms. The number of amides is 1. The Hall–Kier alpha value is -0.0300. The third-order valence-electron chi connectivity index (χ3n) is 4.09. The maximum Gasteiger partial charge on any atom is 0.239 e. The molecule has 1 amide bonds. The zero-order chi connectivity index (χ0) is 12.3. The quantitative estimate of drug-likeness (QED) is 0.856. The maximum absolute atomic E-state index is 12.4. The molecule has 2 saturated heterocycles. The molecule has 2 unspecified atom stereocenters. The van der Waals surface area contributed by atoms with Gasteiger partial charge in [0.2, 0.25) is 5.91 Å². The van der Waals surface area contributed by atoms with Gasteiger partial charge in [0.25, 0.3) is 0 Å². The van der Waals surface area contributed by atoms with Crippen LogP contribution in [-0.2, 0) is 4.79 Å². The predicted molar refractivity (Wildman–Crippen MR) is 83.1 cm³/mol. The fraction of sp³-hybridized carbons (Fsp3) is 0.923. The highest BCUT2D eigenvalue weighted by atomic mass is 35.5. The number of nitrogens with zero attached hydrogens (tertiary/aromatic N) is 2. The number of nitrogens with two attached hydrogens (primary N) is 1. The second kappa shape index (κ2) is 9.01. The maximum atomic E-state index is 12.4. The molecule has 2 aliphatic rings. The summed E-state index contributed by atoms with van der Waals surface area (Å²) in [6.07, 6.45) is 4.44. The molecule has 2 rings (SSSR count). The van der Waals surface area contributed by atoms with Crippen molar-refractivity contribution in [3.05, 3.63) is 0 Å². The average molecular weight is 312 g/mol. The van der Waals surface area contributed by atoms with Gasteiger partial charge in [-0.25, -0.2) is 0 Å². The van der Waals surface area contributed by atoms with Crippen molar-refractivity contribution in [2.24, 2.45) is 11.7 Å². The molecule has 4 nitrogen and oxygen atoms in total. The van der Waals surface area contributed by atoms with Crippen LogP contribution in [0.25, 0.3) is 0 Å². The molecule has 0 aliphatic carbocycles. The first kappa shape index (κ1) is 19.0. The van der Waals surface area contributed by atoms with Gasteiger partial charge in [-0.15, -0.1) is 24.8 Å².